The van der Waals surface area contributed by atoms with E-state index in [-0.39, 0.29) is 12.1 Å². The number of benzene rings is 1. The summed E-state index contributed by atoms with van der Waals surface area (Å²) in [6.07, 6.45) is 7.02. The first-order valence-electron chi connectivity index (χ1n) is 9.50. The first-order chi connectivity index (χ1) is 15.1. The Bertz CT molecular complexity index is 1160. The molecule has 7 nitrogen and oxygen atoms in total. The molecule has 0 aliphatic heterocycles. The van der Waals surface area contributed by atoms with Crippen molar-refractivity contribution in [3.05, 3.63) is 71.8 Å². The number of carbonyl (C=O) groups is 1. The molecule has 0 unspecified atom stereocenters. The van der Waals surface area contributed by atoms with E-state index in [1.165, 1.54) is 0 Å². The van der Waals surface area contributed by atoms with Gasteiger partial charge in [-0.15, -0.1) is 0 Å². The van der Waals surface area contributed by atoms with Gasteiger partial charge in [0.1, 0.15) is 0 Å². The van der Waals surface area contributed by atoms with Gasteiger partial charge in [-0.3, -0.25) is 9.78 Å². The third-order valence-corrected chi connectivity index (χ3v) is 4.66. The number of nitrogens with two attached hydrogens (primary N) is 1. The molecule has 3 rings (SSSR count). The maximum Gasteiger partial charge on any atom is 0.272 e. The second kappa shape index (κ2) is 10.3. The number of aromatic nitrogens is 3. The Morgan fingerprint density at radius 3 is 2.50 bits per heavy atom. The Morgan fingerprint density at radius 2 is 1.94 bits per heavy atom. The lowest BCUT2D eigenvalue weighted by molar-refractivity contribution is -0.106. The summed E-state index contributed by atoms with van der Waals surface area (Å²) in [5.41, 5.74) is 8.48. The molecule has 32 heavy (non-hydrogen) atoms. The Morgan fingerprint density at radius 1 is 1.25 bits per heavy atom. The van der Waals surface area contributed by atoms with Crippen LogP contribution in [0.4, 0.5) is 8.78 Å². The standard InChI is InChI=1S/C22H21F2N5.CH3NO/c1-14-4-5-16(19(26)10-17(11-25)22(2,23)24)8-18(14)15-6-7-28-20(9-15)21-12-27-13-29(21)3;2-1-3/h4-13,25-26H,1-3H3;1H,(H2,2,3)/b17-10+,25-11?,26-19?;. The summed E-state index contributed by atoms with van der Waals surface area (Å²) in [7, 11) is 1.89. The molecular weight excluding hydrogens is 414 g/mol. The molecule has 0 saturated heterocycles. The highest BCUT2D eigenvalue weighted by Gasteiger charge is 2.26. The minimum Gasteiger partial charge on any atom is -0.372 e. The Balaban J connectivity index is 0.00000114. The first kappa shape index (κ1) is 24.3. The summed E-state index contributed by atoms with van der Waals surface area (Å²) in [5.74, 6) is -3.18. The molecule has 9 heteroatoms. The van der Waals surface area contributed by atoms with Gasteiger partial charge in [0.25, 0.3) is 5.92 Å². The van der Waals surface area contributed by atoms with E-state index in [1.807, 2.05) is 36.7 Å². The number of primary amides is 1. The summed E-state index contributed by atoms with van der Waals surface area (Å²) in [6.45, 7) is 2.67. The quantitative estimate of drug-likeness (QED) is 0.396. The molecule has 0 spiro atoms. The number of pyridine rings is 1. The average Bonchev–Trinajstić information content (AvgIpc) is 3.18. The highest BCUT2D eigenvalue weighted by molar-refractivity contribution is 6.10. The van der Waals surface area contributed by atoms with E-state index in [1.54, 1.807) is 30.9 Å². The lowest BCUT2D eigenvalue weighted by Gasteiger charge is -2.13. The topological polar surface area (TPSA) is 122 Å². The second-order valence-electron chi connectivity index (χ2n) is 7.03. The number of hydrogen-bond donors (Lipinski definition) is 3. The van der Waals surface area contributed by atoms with Crippen LogP contribution in [0.25, 0.3) is 22.5 Å². The number of hydrogen-bond acceptors (Lipinski definition) is 5. The highest BCUT2D eigenvalue weighted by atomic mass is 19.3. The number of rotatable bonds is 6. The molecular formula is C23H24F2N6O. The fraction of sp³-hybridized carbons (Fsp3) is 0.174. The van der Waals surface area contributed by atoms with Gasteiger partial charge >= 0.3 is 0 Å². The van der Waals surface area contributed by atoms with Crippen LogP contribution in [0.2, 0.25) is 0 Å². The lowest BCUT2D eigenvalue weighted by Crippen LogP contribution is -2.16. The van der Waals surface area contributed by atoms with E-state index in [4.69, 9.17) is 15.6 Å². The molecule has 0 fully saturated rings. The van der Waals surface area contributed by atoms with Crippen molar-refractivity contribution in [1.82, 2.24) is 14.5 Å². The molecule has 1 amide bonds. The van der Waals surface area contributed by atoms with Crippen molar-refractivity contribution in [3.8, 4) is 22.5 Å². The Labute approximate surface area is 184 Å². The van der Waals surface area contributed by atoms with Gasteiger partial charge in [-0.1, -0.05) is 12.1 Å². The predicted octanol–water partition coefficient (Wildman–Crippen LogP) is 4.16. The fourth-order valence-corrected chi connectivity index (χ4v) is 2.98. The number of nitrogens with zero attached hydrogens (tertiary/aromatic N) is 3. The molecule has 166 valence electrons. The van der Waals surface area contributed by atoms with Crippen molar-refractivity contribution in [2.24, 2.45) is 12.8 Å². The zero-order valence-corrected chi connectivity index (χ0v) is 17.9. The van der Waals surface area contributed by atoms with Crippen LogP contribution in [0, 0.1) is 17.7 Å². The summed E-state index contributed by atoms with van der Waals surface area (Å²) < 4.78 is 29.0. The normalized spacial score (nSPS) is 11.3. The zero-order chi connectivity index (χ0) is 23.9. The van der Waals surface area contributed by atoms with Crippen molar-refractivity contribution in [3.63, 3.8) is 0 Å². The van der Waals surface area contributed by atoms with E-state index in [2.05, 4.69) is 15.7 Å². The number of nitrogens with one attached hydrogen (secondary N) is 2. The number of carbonyl (C=O) groups excluding carboxylic acids is 1. The first-order valence-corrected chi connectivity index (χ1v) is 9.50. The number of halogens is 2. The van der Waals surface area contributed by atoms with Crippen LogP contribution >= 0.6 is 0 Å². The van der Waals surface area contributed by atoms with Crippen molar-refractivity contribution in [2.75, 3.05) is 0 Å². The van der Waals surface area contributed by atoms with Gasteiger partial charge in [0.2, 0.25) is 6.41 Å². The van der Waals surface area contributed by atoms with Gasteiger partial charge < -0.3 is 21.1 Å². The zero-order valence-electron chi connectivity index (χ0n) is 17.9. The van der Waals surface area contributed by atoms with E-state index >= 15 is 0 Å². The monoisotopic (exact) mass is 438 g/mol. The minimum atomic E-state index is -3.18. The fourth-order valence-electron chi connectivity index (χ4n) is 2.98. The Kier molecular flexibility index (Phi) is 7.84. The van der Waals surface area contributed by atoms with E-state index in [0.717, 1.165) is 34.2 Å². The van der Waals surface area contributed by atoms with Gasteiger partial charge in [0, 0.05) is 37.5 Å². The number of allylic oxidation sites excluding steroid dienone is 2. The molecule has 0 bridgehead atoms. The van der Waals surface area contributed by atoms with Gasteiger partial charge in [-0.2, -0.15) is 0 Å². The molecule has 0 saturated carbocycles. The third kappa shape index (κ3) is 5.78. The molecule has 2 aromatic heterocycles. The van der Waals surface area contributed by atoms with Crippen LogP contribution in [0.15, 0.2) is 60.7 Å². The summed E-state index contributed by atoms with van der Waals surface area (Å²) in [5, 5.41) is 15.4. The van der Waals surface area contributed by atoms with E-state index in [0.29, 0.717) is 18.7 Å². The van der Waals surface area contributed by atoms with Gasteiger partial charge in [0.15, 0.2) is 0 Å². The summed E-state index contributed by atoms with van der Waals surface area (Å²) >= 11 is 0. The van der Waals surface area contributed by atoms with Crippen LogP contribution in [0.1, 0.15) is 18.1 Å². The molecule has 3 aromatic rings. The third-order valence-electron chi connectivity index (χ3n) is 4.66. The number of aryl methyl sites for hydroxylation is 2. The van der Waals surface area contributed by atoms with Crippen molar-refractivity contribution < 1.29 is 13.6 Å². The lowest BCUT2D eigenvalue weighted by atomic mass is 9.95. The molecule has 1 aromatic carbocycles. The largest absolute Gasteiger partial charge is 0.372 e. The van der Waals surface area contributed by atoms with E-state index in [9.17, 15) is 8.78 Å². The molecule has 0 radical (unpaired) electrons. The van der Waals surface area contributed by atoms with Crippen molar-refractivity contribution in [1.29, 1.82) is 10.8 Å². The second-order valence-corrected chi connectivity index (χ2v) is 7.03. The smallest absolute Gasteiger partial charge is 0.272 e. The van der Waals surface area contributed by atoms with E-state index < -0.39 is 11.5 Å². The molecule has 0 aliphatic rings. The van der Waals surface area contributed by atoms with Crippen LogP contribution in [0.3, 0.4) is 0 Å². The van der Waals surface area contributed by atoms with Crippen LogP contribution in [0.5, 0.6) is 0 Å². The SMILES string of the molecule is Cc1ccc(C(=N)/C=C(\C=N)C(C)(F)F)cc1-c1ccnc(-c2cncn2C)c1.NC=O. The summed E-state index contributed by atoms with van der Waals surface area (Å²) in [4.78, 5) is 17.1. The molecule has 2 heterocycles. The highest BCUT2D eigenvalue weighted by Crippen LogP contribution is 2.28. The van der Waals surface area contributed by atoms with Crippen LogP contribution in [-0.4, -0.2) is 38.8 Å². The molecule has 4 N–H and O–H groups in total. The predicted molar refractivity (Wildman–Crippen MR) is 121 cm³/mol. The molecule has 0 atom stereocenters. The van der Waals surface area contributed by atoms with Crippen molar-refractivity contribution >= 4 is 18.3 Å². The average molecular weight is 438 g/mol. The minimum absolute atomic E-state index is 0.0767. The van der Waals surface area contributed by atoms with Crippen LogP contribution in [-0.2, 0) is 11.8 Å². The van der Waals surface area contributed by atoms with Gasteiger partial charge in [-0.05, 0) is 47.9 Å². The van der Waals surface area contributed by atoms with Gasteiger partial charge in [0.05, 0.1) is 29.6 Å². The number of amides is 1. The maximum absolute atomic E-state index is 13.6. The summed E-state index contributed by atoms with van der Waals surface area (Å²) in [6, 6.07) is 9.17. The van der Waals surface area contributed by atoms with Crippen LogP contribution < -0.4 is 5.73 Å². The van der Waals surface area contributed by atoms with Crippen molar-refractivity contribution in [2.45, 2.75) is 19.8 Å². The Hall–Kier alpha value is -4.01. The molecule has 0 aliphatic carbocycles. The van der Waals surface area contributed by atoms with Gasteiger partial charge in [-0.25, -0.2) is 13.8 Å². The number of alkyl halides is 2. The maximum atomic E-state index is 13.6. The number of imidazole rings is 1.